The molecule has 5 nitrogen and oxygen atoms in total. The molecule has 1 aliphatic carbocycles. The predicted molar refractivity (Wildman–Crippen MR) is 83.4 cm³/mol. The second kappa shape index (κ2) is 7.38. The van der Waals surface area contributed by atoms with Crippen molar-refractivity contribution in [2.24, 2.45) is 0 Å². The summed E-state index contributed by atoms with van der Waals surface area (Å²) >= 11 is 0. The van der Waals surface area contributed by atoms with Gasteiger partial charge in [0, 0.05) is 19.1 Å². The minimum atomic E-state index is -0.787. The summed E-state index contributed by atoms with van der Waals surface area (Å²) in [6.45, 7) is 3.49. The van der Waals surface area contributed by atoms with Gasteiger partial charge in [0.1, 0.15) is 5.82 Å². The van der Waals surface area contributed by atoms with Crippen LogP contribution in [0.3, 0.4) is 0 Å². The van der Waals surface area contributed by atoms with Gasteiger partial charge in [-0.3, -0.25) is 9.69 Å². The lowest BCUT2D eigenvalue weighted by Gasteiger charge is -2.30. The van der Waals surface area contributed by atoms with E-state index in [-0.39, 0.29) is 24.3 Å². The summed E-state index contributed by atoms with van der Waals surface area (Å²) in [6, 6.07) is 6.03. The van der Waals surface area contributed by atoms with Gasteiger partial charge in [0.2, 0.25) is 5.91 Å². The summed E-state index contributed by atoms with van der Waals surface area (Å²) in [5.74, 6) is -0.279. The molecule has 0 unspecified atom stereocenters. The Bertz CT molecular complexity index is 527. The predicted octanol–water partition coefficient (Wildman–Crippen LogP) is 1.18. The van der Waals surface area contributed by atoms with E-state index in [1.165, 1.54) is 12.1 Å². The third-order valence-electron chi connectivity index (χ3n) is 4.39. The highest BCUT2D eigenvalue weighted by atomic mass is 19.1. The van der Waals surface area contributed by atoms with Gasteiger partial charge >= 0.3 is 0 Å². The Morgan fingerprint density at radius 1 is 1.30 bits per heavy atom. The monoisotopic (exact) mass is 322 g/mol. The Morgan fingerprint density at radius 3 is 2.57 bits per heavy atom. The third-order valence-corrected chi connectivity index (χ3v) is 4.39. The number of morpholine rings is 1. The number of aliphatic hydroxyl groups is 1. The number of hydrogen-bond donors (Lipinski definition) is 1. The molecule has 0 bridgehead atoms. The van der Waals surface area contributed by atoms with Crippen molar-refractivity contribution in [2.45, 2.75) is 25.0 Å². The Hall–Kier alpha value is -1.50. The molecule has 1 saturated carbocycles. The fourth-order valence-electron chi connectivity index (χ4n) is 2.86. The van der Waals surface area contributed by atoms with Crippen LogP contribution >= 0.6 is 0 Å². The molecule has 0 spiro atoms. The Morgan fingerprint density at radius 2 is 1.96 bits per heavy atom. The first-order valence-electron chi connectivity index (χ1n) is 8.16. The lowest BCUT2D eigenvalue weighted by atomic mass is 10.1. The number of halogens is 1. The van der Waals surface area contributed by atoms with Crippen molar-refractivity contribution in [1.82, 2.24) is 9.80 Å². The number of benzene rings is 1. The van der Waals surface area contributed by atoms with Crippen molar-refractivity contribution < 1.29 is 19.0 Å². The summed E-state index contributed by atoms with van der Waals surface area (Å²) in [5.41, 5.74) is 0.635. The summed E-state index contributed by atoms with van der Waals surface area (Å²) in [5, 5.41) is 10.4. The number of aliphatic hydroxyl groups excluding tert-OH is 1. The Labute approximate surface area is 135 Å². The molecule has 0 aromatic heterocycles. The number of carbonyl (C=O) groups excluding carboxylic acids is 1. The maximum absolute atomic E-state index is 13.0. The van der Waals surface area contributed by atoms with Crippen LogP contribution in [0.15, 0.2) is 24.3 Å². The zero-order valence-corrected chi connectivity index (χ0v) is 13.2. The number of hydrogen-bond acceptors (Lipinski definition) is 4. The number of ether oxygens (including phenoxy) is 1. The highest BCUT2D eigenvalue weighted by Gasteiger charge is 2.34. The van der Waals surface area contributed by atoms with E-state index in [0.717, 1.165) is 25.9 Å². The molecular weight excluding hydrogens is 299 g/mol. The summed E-state index contributed by atoms with van der Waals surface area (Å²) in [4.78, 5) is 16.5. The van der Waals surface area contributed by atoms with E-state index < -0.39 is 6.10 Å². The zero-order valence-electron chi connectivity index (χ0n) is 13.2. The van der Waals surface area contributed by atoms with Crippen LogP contribution in [0.1, 0.15) is 24.5 Å². The molecule has 1 aromatic rings. The summed E-state index contributed by atoms with van der Waals surface area (Å²) in [6.07, 6.45) is 1.19. The quantitative estimate of drug-likeness (QED) is 0.855. The maximum atomic E-state index is 13.0. The molecule has 2 fully saturated rings. The minimum Gasteiger partial charge on any atom is -0.387 e. The van der Waals surface area contributed by atoms with E-state index in [1.54, 1.807) is 17.0 Å². The van der Waals surface area contributed by atoms with Crippen molar-refractivity contribution in [1.29, 1.82) is 0 Å². The van der Waals surface area contributed by atoms with E-state index in [1.807, 2.05) is 0 Å². The van der Waals surface area contributed by atoms with E-state index in [2.05, 4.69) is 4.90 Å². The van der Waals surface area contributed by atoms with Crippen molar-refractivity contribution in [3.8, 4) is 0 Å². The lowest BCUT2D eigenvalue weighted by Crippen LogP contribution is -2.46. The van der Waals surface area contributed by atoms with Crippen LogP contribution in [0.4, 0.5) is 4.39 Å². The SMILES string of the molecule is O=C(CN1CCOCC1)N(C[C@@H](O)c1ccc(F)cc1)C1CC1. The Kier molecular flexibility index (Phi) is 5.25. The number of amides is 1. The van der Waals surface area contributed by atoms with Gasteiger partial charge in [-0.15, -0.1) is 0 Å². The van der Waals surface area contributed by atoms with Crippen LogP contribution in [0.2, 0.25) is 0 Å². The molecule has 1 N–H and O–H groups in total. The van der Waals surface area contributed by atoms with Crippen LogP contribution in [0.5, 0.6) is 0 Å². The fourth-order valence-corrected chi connectivity index (χ4v) is 2.86. The second-order valence-corrected chi connectivity index (χ2v) is 6.23. The Balaban J connectivity index is 1.59. The molecular formula is C17H23FN2O3. The van der Waals surface area contributed by atoms with Crippen LogP contribution in [0.25, 0.3) is 0 Å². The van der Waals surface area contributed by atoms with Crippen molar-refractivity contribution in [3.05, 3.63) is 35.6 Å². The molecule has 1 aromatic carbocycles. The normalized spacial score (nSPS) is 20.3. The average molecular weight is 322 g/mol. The maximum Gasteiger partial charge on any atom is 0.237 e. The number of carbonyl (C=O) groups is 1. The van der Waals surface area contributed by atoms with Crippen molar-refractivity contribution in [2.75, 3.05) is 39.4 Å². The second-order valence-electron chi connectivity index (χ2n) is 6.23. The largest absolute Gasteiger partial charge is 0.387 e. The molecule has 0 radical (unpaired) electrons. The molecule has 1 aliphatic heterocycles. The number of nitrogens with zero attached hydrogens (tertiary/aromatic N) is 2. The lowest BCUT2D eigenvalue weighted by molar-refractivity contribution is -0.135. The van der Waals surface area contributed by atoms with Crippen molar-refractivity contribution in [3.63, 3.8) is 0 Å². The van der Waals surface area contributed by atoms with Gasteiger partial charge in [0.05, 0.1) is 32.4 Å². The van der Waals surface area contributed by atoms with Gasteiger partial charge in [-0.2, -0.15) is 0 Å². The van der Waals surface area contributed by atoms with Crippen molar-refractivity contribution >= 4 is 5.91 Å². The first-order chi connectivity index (χ1) is 11.1. The van der Waals surface area contributed by atoms with Crippen LogP contribution in [-0.4, -0.2) is 66.2 Å². The molecule has 1 amide bonds. The van der Waals surface area contributed by atoms with E-state index in [9.17, 15) is 14.3 Å². The molecule has 1 saturated heterocycles. The summed E-state index contributed by atoms with van der Waals surface area (Å²) in [7, 11) is 0. The van der Waals surface area contributed by atoms with Gasteiger partial charge in [-0.1, -0.05) is 12.1 Å². The van der Waals surface area contributed by atoms with Gasteiger partial charge < -0.3 is 14.7 Å². The molecule has 23 heavy (non-hydrogen) atoms. The number of rotatable bonds is 6. The minimum absolute atomic E-state index is 0.0514. The first-order valence-corrected chi connectivity index (χ1v) is 8.16. The molecule has 2 aliphatic rings. The van der Waals surface area contributed by atoms with E-state index in [0.29, 0.717) is 25.3 Å². The smallest absolute Gasteiger partial charge is 0.237 e. The van der Waals surface area contributed by atoms with Gasteiger partial charge in [0.25, 0.3) is 0 Å². The van der Waals surface area contributed by atoms with E-state index >= 15 is 0 Å². The highest BCUT2D eigenvalue weighted by Crippen LogP contribution is 2.29. The average Bonchev–Trinajstić information content (AvgIpc) is 3.38. The van der Waals surface area contributed by atoms with Gasteiger partial charge in [-0.25, -0.2) is 4.39 Å². The van der Waals surface area contributed by atoms with Crippen LogP contribution < -0.4 is 0 Å². The van der Waals surface area contributed by atoms with Gasteiger partial charge in [0.15, 0.2) is 0 Å². The fraction of sp³-hybridized carbons (Fsp3) is 0.588. The highest BCUT2D eigenvalue weighted by molar-refractivity contribution is 5.79. The molecule has 3 rings (SSSR count). The van der Waals surface area contributed by atoms with Gasteiger partial charge in [-0.05, 0) is 30.5 Å². The van der Waals surface area contributed by atoms with Crippen LogP contribution in [-0.2, 0) is 9.53 Å². The third kappa shape index (κ3) is 4.50. The molecule has 1 heterocycles. The summed E-state index contributed by atoms with van der Waals surface area (Å²) < 4.78 is 18.3. The zero-order chi connectivity index (χ0) is 16.2. The first kappa shape index (κ1) is 16.4. The molecule has 126 valence electrons. The molecule has 1 atom stereocenters. The van der Waals surface area contributed by atoms with E-state index in [4.69, 9.17) is 4.74 Å². The molecule has 6 heteroatoms. The standard InChI is InChI=1S/C17H23FN2O3/c18-14-3-1-13(2-4-14)16(21)11-20(15-5-6-15)17(22)12-19-7-9-23-10-8-19/h1-4,15-16,21H,5-12H2/t16-/m1/s1. The topological polar surface area (TPSA) is 53.0 Å². The van der Waals surface area contributed by atoms with Crippen LogP contribution in [0, 0.1) is 5.82 Å².